The van der Waals surface area contributed by atoms with E-state index in [1.54, 1.807) is 68.4 Å². The van der Waals surface area contributed by atoms with Crippen molar-refractivity contribution in [3.05, 3.63) is 119 Å². The highest BCUT2D eigenvalue weighted by molar-refractivity contribution is 7.81. The normalized spacial score (nSPS) is 17.0. The molecule has 18 amide bonds. The Morgan fingerprint density at radius 2 is 1.10 bits per heavy atom. The van der Waals surface area contributed by atoms with Crippen molar-refractivity contribution in [2.45, 2.75) is 220 Å². The van der Waals surface area contributed by atoms with Gasteiger partial charge >= 0.3 is 5.97 Å². The number of amides is 18. The molecule has 3 aromatic carbocycles. The van der Waals surface area contributed by atoms with E-state index in [-0.39, 0.29) is 127 Å². The van der Waals surface area contributed by atoms with Gasteiger partial charge in [-0.15, -0.1) is 0 Å². The second-order valence-corrected chi connectivity index (χ2v) is 34.9. The van der Waals surface area contributed by atoms with Crippen molar-refractivity contribution in [2.24, 2.45) is 39.6 Å². The molecule has 3 aliphatic heterocycles. The number of nitrogens with one attached hydrogen (secondary N) is 14. The van der Waals surface area contributed by atoms with Crippen LogP contribution in [0.25, 0.3) is 0 Å². The maximum Gasteiger partial charge on any atom is 0.326 e. The van der Waals surface area contributed by atoms with E-state index in [4.69, 9.17) is 28.7 Å². The van der Waals surface area contributed by atoms with E-state index in [0.29, 0.717) is 34.4 Å². The van der Waals surface area contributed by atoms with Gasteiger partial charge in [-0.1, -0.05) is 80.6 Å². The Hall–Kier alpha value is -13.5. The summed E-state index contributed by atoms with van der Waals surface area (Å²) in [5.41, 5.74) is 30.2. The molecule has 0 aliphatic carbocycles. The van der Waals surface area contributed by atoms with Crippen molar-refractivity contribution in [1.29, 1.82) is 0 Å². The topological polar surface area (TPSA) is 722 Å². The fourth-order valence-corrected chi connectivity index (χ4v) is 15.4. The maximum absolute atomic E-state index is 15.1. The summed E-state index contributed by atoms with van der Waals surface area (Å²) in [5, 5.41) is 63.3. The van der Waals surface area contributed by atoms with Crippen molar-refractivity contribution < 1.29 is 106 Å². The first-order valence-electron chi connectivity index (χ1n) is 43.1. The number of carbonyl (C=O) groups excluding carboxylic acids is 18. The van der Waals surface area contributed by atoms with Crippen LogP contribution < -0.4 is 97.8 Å². The molecule has 0 spiro atoms. The Morgan fingerprint density at radius 1 is 0.541 bits per heavy atom. The number of rotatable bonds is 50. The highest BCUT2D eigenvalue weighted by Crippen LogP contribution is 2.27. The fourth-order valence-electron chi connectivity index (χ4n) is 15.0. The third-order valence-corrected chi connectivity index (χ3v) is 22.5. The molecule has 724 valence electrons. The Kier molecular flexibility index (Phi) is 41.1. The number of aromatic hydroxyl groups is 1. The molecule has 133 heavy (non-hydrogen) atoms. The number of fused-ring (bicyclic) bond motifs is 1. The molecule has 1 aromatic heterocycles. The van der Waals surface area contributed by atoms with Crippen molar-refractivity contribution in [1.82, 2.24) is 93.8 Å². The molecule has 0 unspecified atom stereocenters. The van der Waals surface area contributed by atoms with Crippen molar-refractivity contribution >= 4 is 144 Å². The summed E-state index contributed by atoms with van der Waals surface area (Å²) in [4.78, 5) is 275. The highest BCUT2D eigenvalue weighted by atomic mass is 32.1. The van der Waals surface area contributed by atoms with Gasteiger partial charge in [0.2, 0.25) is 106 Å². The third kappa shape index (κ3) is 33.7. The van der Waals surface area contributed by atoms with Crippen LogP contribution in [0.5, 0.6) is 5.75 Å². The molecular formula is C85H120N24O22S2. The smallest absolute Gasteiger partial charge is 0.326 e. The first-order chi connectivity index (χ1) is 62.9. The van der Waals surface area contributed by atoms with E-state index in [2.05, 4.69) is 109 Å². The molecule has 3 aliphatic rings. The number of carboxylic acid groups (broad SMARTS) is 1. The van der Waals surface area contributed by atoms with Crippen LogP contribution in [-0.2, 0) is 123 Å². The van der Waals surface area contributed by atoms with Crippen LogP contribution >= 0.6 is 25.3 Å². The summed E-state index contributed by atoms with van der Waals surface area (Å²) in [5.74, 6) is -18.7. The average molecular weight is 1890 g/mol. The summed E-state index contributed by atoms with van der Waals surface area (Å²) in [7, 11) is 0. The number of aliphatic hydroxyl groups is 1. The molecule has 0 saturated carbocycles. The number of aromatic nitrogens is 2. The van der Waals surface area contributed by atoms with Crippen LogP contribution in [0, 0.1) is 5.92 Å². The second kappa shape index (κ2) is 51.3. The Labute approximate surface area is 776 Å². The minimum absolute atomic E-state index is 0.0265. The molecule has 48 heteroatoms. The highest BCUT2D eigenvalue weighted by Gasteiger charge is 2.45. The Balaban J connectivity index is 0.979. The number of nitrogens with zero attached hydrogens (tertiary/aromatic N) is 5. The number of aliphatic imine (C=N–C) groups is 1. The summed E-state index contributed by atoms with van der Waals surface area (Å²) < 4.78 is -1.48. The summed E-state index contributed by atoms with van der Waals surface area (Å²) >= 11 is 8.84. The number of carboxylic acids is 1. The number of thiol groups is 2. The molecule has 4 heterocycles. The van der Waals surface area contributed by atoms with E-state index in [0.717, 1.165) is 11.8 Å². The zero-order chi connectivity index (χ0) is 98.1. The number of hydrogen-bond donors (Lipinski definition) is 24. The van der Waals surface area contributed by atoms with Crippen molar-refractivity contribution in [2.75, 3.05) is 51.6 Å². The molecule has 14 atom stereocenters. The van der Waals surface area contributed by atoms with Crippen LogP contribution in [0.2, 0.25) is 0 Å². The zero-order valence-corrected chi connectivity index (χ0v) is 76.0. The largest absolute Gasteiger partial charge is 0.508 e. The van der Waals surface area contributed by atoms with Gasteiger partial charge in [0.15, 0.2) is 5.96 Å². The predicted octanol–water partition coefficient (Wildman–Crippen LogP) is -7.42. The molecular weight excluding hydrogens is 1770 g/mol. The standard InChI is InChI=1S/C85H120N24O22S2/c1-44(2)30-54(74(121)103-57(32-47-21-23-51(111)24-22-47)81(128)108-29-12-19-60(108)78(125)104-59(42-132)76(123)102-56(35-64(88)113)72(119)96-40-68(117)107-28-13-20-61(107)83(130)131)98-66(115)38-93-65(114)37-94-77(124)62-33-48-16-9-10-17-49(48)41-109(62)82(129)58(34-50-36-91-43-97-50)99-67(116)39-95-79(126)69(45(3)110)105-80(127)70(85(4,5)133)106-75(122)55(31-46-14-7-6-8-15-46)101-73(120)53(18-11-27-92-84(89)90)100-71(118)52(86)25-26-63(87)112/h6-10,14-17,21-24,36,43-45,52-62,69-70,110-111,132-133H,11-13,18-20,25-35,37-42,86H2,1-5H3,(H2,87,112)(H2,88,113)(H,91,97)(H,93,114)(H,94,124)(H,95,126)(H,96,119)(H,98,115)(H,99,116)(H,100,118)(H,101,120)(H,102,123)(H,103,121)(H,104,125)(H,105,127)(H,106,122)(H,130,131)(H4,89,90,92)/t45-,52+,53+,54+,55+,56+,57+,58+,59+,60+,61+,62+,69+,70+/m1/s1. The van der Waals surface area contributed by atoms with Gasteiger partial charge in [-0.2, -0.15) is 25.3 Å². The van der Waals surface area contributed by atoms with Gasteiger partial charge in [0, 0.05) is 80.7 Å². The number of carbonyl (C=O) groups is 19. The van der Waals surface area contributed by atoms with Crippen LogP contribution in [0.4, 0.5) is 0 Å². The number of phenolic OH excluding ortho intramolecular Hbond substituents is 1. The first-order valence-corrected chi connectivity index (χ1v) is 44.2. The molecule has 4 aromatic rings. The fraction of sp³-hybridized carbons (Fsp3) is 0.518. The number of phenols is 1. The van der Waals surface area contributed by atoms with E-state index in [9.17, 15) is 102 Å². The van der Waals surface area contributed by atoms with Gasteiger partial charge in [0.25, 0.3) is 0 Å². The monoisotopic (exact) mass is 1890 g/mol. The number of imidazole rings is 1. The average Bonchev–Trinajstić information content (AvgIpc) is 1.67. The first kappa shape index (κ1) is 107. The molecule has 46 nitrogen and oxygen atoms in total. The van der Waals surface area contributed by atoms with Crippen molar-refractivity contribution in [3.8, 4) is 5.75 Å². The molecule has 2 saturated heterocycles. The number of aliphatic hydroxyl groups excluding tert-OH is 1. The van der Waals surface area contributed by atoms with Crippen LogP contribution in [0.15, 0.2) is 96.4 Å². The van der Waals surface area contributed by atoms with Crippen molar-refractivity contribution in [3.63, 3.8) is 0 Å². The third-order valence-electron chi connectivity index (χ3n) is 21.9. The van der Waals surface area contributed by atoms with E-state index in [1.165, 1.54) is 60.4 Å². The molecule has 0 radical (unpaired) electrons. The molecule has 7 rings (SSSR count). The number of nitrogens with two attached hydrogens (primary N) is 5. The van der Waals surface area contributed by atoms with E-state index in [1.807, 2.05) is 0 Å². The van der Waals surface area contributed by atoms with Crippen LogP contribution in [0.1, 0.15) is 127 Å². The SMILES string of the molecule is CC(C)C[C@H](NC(=O)CNC(=O)CNC(=O)[C@@H]1Cc2ccccc2CN1C(=O)[C@H](Cc1cnc[nH]1)NC(=O)CNC(=O)[C@@H](NC(=O)[C@H](NC(=O)[C@H](Cc1ccccc1)NC(=O)[C@H](CCCN=C(N)N)NC(=O)[C@@H](N)CCC(N)=O)C(C)(C)S)[C@@H](C)O)C(=O)N[C@@H](Cc1ccc(O)cc1)C(=O)N1CCC[C@H]1C(=O)N[C@@H](CS)C(=O)N[C@@H](CC(N)=O)C(=O)NCC(=O)N1CCC[C@H]1C(=O)O. The minimum Gasteiger partial charge on any atom is -0.508 e. The Bertz CT molecular complexity index is 4850. The van der Waals surface area contributed by atoms with Gasteiger partial charge in [-0.25, -0.2) is 9.78 Å². The van der Waals surface area contributed by atoms with Crippen LogP contribution in [-0.4, -0.2) is 299 Å². The van der Waals surface area contributed by atoms with E-state index >= 15 is 4.79 Å². The minimum atomic E-state index is -1.84. The molecule has 0 bridgehead atoms. The van der Waals surface area contributed by atoms with Gasteiger partial charge < -0.3 is 133 Å². The number of guanidine groups is 1. The predicted molar refractivity (Wildman–Crippen MR) is 483 cm³/mol. The summed E-state index contributed by atoms with van der Waals surface area (Å²) in [6, 6.07) is 1.99. The van der Waals surface area contributed by atoms with Gasteiger partial charge in [0.05, 0.1) is 51.1 Å². The lowest BCUT2D eigenvalue weighted by atomic mass is 9.92. The van der Waals surface area contributed by atoms with Gasteiger partial charge in [-0.3, -0.25) is 91.3 Å². The number of aliphatic carboxylic acids is 1. The molecule has 27 N–H and O–H groups in total. The summed E-state index contributed by atoms with van der Waals surface area (Å²) in [6.07, 6.45) is -0.0142. The second-order valence-electron chi connectivity index (χ2n) is 33.4. The summed E-state index contributed by atoms with van der Waals surface area (Å²) in [6.45, 7) is 4.33. The molecule has 2 fully saturated rings. The lowest BCUT2D eigenvalue weighted by molar-refractivity contribution is -0.148. The van der Waals surface area contributed by atoms with Gasteiger partial charge in [0.1, 0.15) is 78.3 Å². The lowest BCUT2D eigenvalue weighted by Crippen LogP contribution is -2.64. The number of benzene rings is 3. The quantitative estimate of drug-likeness (QED) is 0.00845. The number of aromatic amines is 1. The van der Waals surface area contributed by atoms with Gasteiger partial charge in [-0.05, 0) is 112 Å². The number of likely N-dealkylation sites (tertiary alicyclic amines) is 2. The van der Waals surface area contributed by atoms with E-state index < -0.39 is 234 Å². The number of primary amides is 2. The van der Waals surface area contributed by atoms with Crippen LogP contribution in [0.3, 0.4) is 0 Å². The maximum atomic E-state index is 15.1. The lowest BCUT2D eigenvalue weighted by Gasteiger charge is -2.38. The Morgan fingerprint density at radius 3 is 1.71 bits per heavy atom. The zero-order valence-electron chi connectivity index (χ0n) is 74.2. The number of hydrogen-bond acceptors (Lipinski definition) is 26. The number of H-pyrrole nitrogens is 1.